The fraction of sp³-hybridized carbons (Fsp3) is 0.480. The molecule has 1 saturated carbocycles. The number of hydrogen-bond acceptors (Lipinski definition) is 5. The fourth-order valence-corrected chi connectivity index (χ4v) is 4.15. The van der Waals surface area contributed by atoms with Crippen molar-refractivity contribution in [2.75, 3.05) is 13.2 Å². The van der Waals surface area contributed by atoms with E-state index in [1.807, 2.05) is 38.1 Å². The predicted octanol–water partition coefficient (Wildman–Crippen LogP) is 4.80. The molecule has 0 N–H and O–H groups in total. The molecule has 0 aromatic heterocycles. The largest absolute Gasteiger partial charge is 0.490 e. The number of ether oxygens (including phenoxy) is 2. The maximum atomic E-state index is 13.4. The van der Waals surface area contributed by atoms with Crippen molar-refractivity contribution in [1.82, 2.24) is 4.90 Å². The highest BCUT2D eigenvalue weighted by atomic mass is 16.5. The first-order chi connectivity index (χ1) is 15.0. The van der Waals surface area contributed by atoms with E-state index >= 15 is 0 Å². The van der Waals surface area contributed by atoms with Gasteiger partial charge in [-0.1, -0.05) is 32.3 Å². The van der Waals surface area contributed by atoms with Gasteiger partial charge in [0, 0.05) is 11.6 Å². The van der Waals surface area contributed by atoms with Gasteiger partial charge in [0.05, 0.1) is 13.2 Å². The third kappa shape index (κ3) is 4.82. The Morgan fingerprint density at radius 2 is 1.84 bits per heavy atom. The molecular weight excluding hydrogens is 392 g/mol. The van der Waals surface area contributed by atoms with Gasteiger partial charge in [0.15, 0.2) is 11.5 Å². The summed E-state index contributed by atoms with van der Waals surface area (Å²) in [4.78, 5) is 27.6. The molecule has 6 nitrogen and oxygen atoms in total. The Morgan fingerprint density at radius 1 is 1.10 bits per heavy atom. The van der Waals surface area contributed by atoms with Crippen LogP contribution in [-0.2, 0) is 9.59 Å². The Balaban J connectivity index is 2.01. The van der Waals surface area contributed by atoms with Crippen LogP contribution in [0.5, 0.6) is 11.5 Å². The van der Waals surface area contributed by atoms with Gasteiger partial charge >= 0.3 is 0 Å². The summed E-state index contributed by atoms with van der Waals surface area (Å²) in [6.45, 7) is 6.68. The minimum absolute atomic E-state index is 0.0457. The van der Waals surface area contributed by atoms with E-state index in [0.717, 1.165) is 44.1 Å². The van der Waals surface area contributed by atoms with E-state index in [1.54, 1.807) is 13.0 Å². The molecule has 0 radical (unpaired) electrons. The van der Waals surface area contributed by atoms with E-state index in [0.29, 0.717) is 35.9 Å². The molecule has 1 fully saturated rings. The van der Waals surface area contributed by atoms with Crippen LogP contribution in [0.1, 0.15) is 64.9 Å². The second kappa shape index (κ2) is 10.3. The van der Waals surface area contributed by atoms with Gasteiger partial charge in [0.25, 0.3) is 11.8 Å². The van der Waals surface area contributed by atoms with Crippen molar-refractivity contribution in [1.29, 1.82) is 5.26 Å². The van der Waals surface area contributed by atoms with Gasteiger partial charge in [0.2, 0.25) is 0 Å². The van der Waals surface area contributed by atoms with Crippen molar-refractivity contribution in [3.05, 3.63) is 40.5 Å². The first-order valence-electron chi connectivity index (χ1n) is 11.1. The van der Waals surface area contributed by atoms with E-state index in [4.69, 9.17) is 9.47 Å². The van der Waals surface area contributed by atoms with Crippen molar-refractivity contribution >= 4 is 17.9 Å². The van der Waals surface area contributed by atoms with E-state index in [-0.39, 0.29) is 17.5 Å². The molecule has 1 aliphatic carbocycles. The lowest BCUT2D eigenvalue weighted by molar-refractivity contribution is -0.143. The number of imide groups is 1. The smallest absolute Gasteiger partial charge is 0.271 e. The van der Waals surface area contributed by atoms with Crippen LogP contribution >= 0.6 is 0 Å². The first kappa shape index (κ1) is 22.6. The molecule has 1 aliphatic heterocycles. The highest BCUT2D eigenvalue weighted by Gasteiger charge is 2.39. The lowest BCUT2D eigenvalue weighted by atomic mass is 9.88. The summed E-state index contributed by atoms with van der Waals surface area (Å²) in [5.74, 6) is 0.478. The molecule has 31 heavy (non-hydrogen) atoms. The van der Waals surface area contributed by atoms with Gasteiger partial charge < -0.3 is 9.47 Å². The van der Waals surface area contributed by atoms with Crippen LogP contribution in [-0.4, -0.2) is 36.0 Å². The van der Waals surface area contributed by atoms with Crippen molar-refractivity contribution in [2.45, 2.75) is 65.3 Å². The Hall–Kier alpha value is -3.07. The third-order valence-electron chi connectivity index (χ3n) is 5.75. The number of hydrogen-bond donors (Lipinski definition) is 0. The van der Waals surface area contributed by atoms with Gasteiger partial charge in [0.1, 0.15) is 11.6 Å². The zero-order chi connectivity index (χ0) is 22.4. The maximum absolute atomic E-state index is 13.4. The van der Waals surface area contributed by atoms with E-state index in [1.165, 1.54) is 4.90 Å². The zero-order valence-corrected chi connectivity index (χ0v) is 18.6. The highest BCUT2D eigenvalue weighted by molar-refractivity contribution is 6.19. The second-order valence-corrected chi connectivity index (χ2v) is 7.93. The Labute approximate surface area is 184 Å². The molecule has 0 spiro atoms. The molecule has 1 aromatic rings. The monoisotopic (exact) mass is 422 g/mol. The van der Waals surface area contributed by atoms with Crippen molar-refractivity contribution < 1.29 is 19.1 Å². The van der Waals surface area contributed by atoms with Crippen LogP contribution in [0.15, 0.2) is 34.9 Å². The summed E-state index contributed by atoms with van der Waals surface area (Å²) in [7, 11) is 0. The lowest BCUT2D eigenvalue weighted by Gasteiger charge is -2.36. The van der Waals surface area contributed by atoms with Crippen molar-refractivity contribution in [3.8, 4) is 17.6 Å². The molecule has 6 heteroatoms. The number of nitrogens with zero attached hydrogens (tertiary/aromatic N) is 2. The van der Waals surface area contributed by atoms with E-state index < -0.39 is 5.91 Å². The Bertz CT molecular complexity index is 949. The Kier molecular flexibility index (Phi) is 7.51. The third-order valence-corrected chi connectivity index (χ3v) is 5.75. The van der Waals surface area contributed by atoms with Crippen LogP contribution in [0, 0.1) is 11.3 Å². The molecule has 0 unspecified atom stereocenters. The van der Waals surface area contributed by atoms with Crippen LogP contribution in [0.25, 0.3) is 6.08 Å². The minimum Gasteiger partial charge on any atom is -0.490 e. The molecule has 0 saturated heterocycles. The molecule has 2 amide bonds. The quantitative estimate of drug-likeness (QED) is 0.466. The zero-order valence-electron chi connectivity index (χ0n) is 18.6. The topological polar surface area (TPSA) is 79.6 Å². The standard InChI is InChI=1S/C25H30N2O4/c1-4-13-31-22-12-11-18(15-23(22)30-5-2)14-20-17(3)21(16-26)25(29)27(24(20)28)19-9-7-6-8-10-19/h11-12,14-15,19H,4-10,13H2,1-3H3/b20-14+. The SMILES string of the molecule is CCCOc1ccc(/C=C2/C(=O)N(C3CCCCC3)C(=O)C(C#N)=C2C)cc1OCC. The van der Waals surface area contributed by atoms with Crippen molar-refractivity contribution in [3.63, 3.8) is 0 Å². The number of carbonyl (C=O) groups excluding carboxylic acids is 2. The molecular formula is C25H30N2O4. The normalized spacial score (nSPS) is 19.0. The summed E-state index contributed by atoms with van der Waals surface area (Å²) in [6.07, 6.45) is 7.30. The second-order valence-electron chi connectivity index (χ2n) is 7.93. The van der Waals surface area contributed by atoms with Crippen LogP contribution in [0.2, 0.25) is 0 Å². The van der Waals surface area contributed by atoms with Gasteiger partial charge in [-0.2, -0.15) is 5.26 Å². The summed E-state index contributed by atoms with van der Waals surface area (Å²) in [5.41, 5.74) is 1.61. The molecule has 3 rings (SSSR count). The highest BCUT2D eigenvalue weighted by Crippen LogP contribution is 2.34. The van der Waals surface area contributed by atoms with Gasteiger partial charge in [-0.05, 0) is 62.5 Å². The lowest BCUT2D eigenvalue weighted by Crippen LogP contribution is -2.49. The first-order valence-corrected chi connectivity index (χ1v) is 11.1. The average Bonchev–Trinajstić information content (AvgIpc) is 2.77. The molecule has 1 heterocycles. The summed E-state index contributed by atoms with van der Waals surface area (Å²) < 4.78 is 11.5. The molecule has 0 atom stereocenters. The molecule has 2 aliphatic rings. The number of benzene rings is 1. The fourth-order valence-electron chi connectivity index (χ4n) is 4.15. The number of carbonyl (C=O) groups is 2. The van der Waals surface area contributed by atoms with Gasteiger partial charge in [-0.3, -0.25) is 14.5 Å². The predicted molar refractivity (Wildman–Crippen MR) is 118 cm³/mol. The summed E-state index contributed by atoms with van der Waals surface area (Å²) in [6, 6.07) is 7.39. The summed E-state index contributed by atoms with van der Waals surface area (Å²) >= 11 is 0. The number of amides is 2. The average molecular weight is 423 g/mol. The molecule has 1 aromatic carbocycles. The van der Waals surface area contributed by atoms with Crippen molar-refractivity contribution in [2.24, 2.45) is 0 Å². The molecule has 164 valence electrons. The van der Waals surface area contributed by atoms with E-state index in [2.05, 4.69) is 0 Å². The van der Waals surface area contributed by atoms with Gasteiger partial charge in [-0.25, -0.2) is 0 Å². The van der Waals surface area contributed by atoms with E-state index in [9.17, 15) is 14.9 Å². The maximum Gasteiger partial charge on any atom is 0.271 e. The van der Waals surface area contributed by atoms with Gasteiger partial charge in [-0.15, -0.1) is 0 Å². The summed E-state index contributed by atoms with van der Waals surface area (Å²) in [5, 5.41) is 9.62. The minimum atomic E-state index is -0.465. The number of rotatable bonds is 7. The number of nitriles is 1. The van der Waals surface area contributed by atoms with Crippen LogP contribution < -0.4 is 9.47 Å². The molecule has 0 bridgehead atoms. The van der Waals surface area contributed by atoms with Crippen LogP contribution in [0.3, 0.4) is 0 Å². The van der Waals surface area contributed by atoms with Crippen LogP contribution in [0.4, 0.5) is 0 Å². The Morgan fingerprint density at radius 3 is 2.48 bits per heavy atom.